The first-order valence-electron chi connectivity index (χ1n) is 7.64. The van der Waals surface area contributed by atoms with Crippen LogP contribution in [0.4, 0.5) is 10.8 Å². The van der Waals surface area contributed by atoms with E-state index in [0.29, 0.717) is 5.69 Å². The summed E-state index contributed by atoms with van der Waals surface area (Å²) in [5, 5.41) is 12.9. The topological polar surface area (TPSA) is 112 Å². The molecule has 0 aliphatic carbocycles. The molecule has 0 unspecified atom stereocenters. The molecule has 8 nitrogen and oxygen atoms in total. The molecular weight excluding hydrogens is 356 g/mol. The number of benzene rings is 1. The molecule has 26 heavy (non-hydrogen) atoms. The Labute approximate surface area is 154 Å². The van der Waals surface area contributed by atoms with Gasteiger partial charge in [0, 0.05) is 24.5 Å². The number of nitrogens with one attached hydrogen (secondary N) is 1. The van der Waals surface area contributed by atoms with Gasteiger partial charge in [-0.3, -0.25) is 9.59 Å². The number of carbonyl (C=O) groups excluding carboxylic acids is 3. The second-order valence-electron chi connectivity index (χ2n) is 5.08. The van der Waals surface area contributed by atoms with Crippen molar-refractivity contribution in [3.05, 3.63) is 41.4 Å². The lowest BCUT2D eigenvalue weighted by atomic mass is 10.2. The number of aromatic nitrogens is 1. The Morgan fingerprint density at radius 2 is 2.04 bits per heavy atom. The van der Waals surface area contributed by atoms with Gasteiger partial charge >= 0.3 is 5.97 Å². The minimum atomic E-state index is -0.764. The molecule has 0 aliphatic rings. The zero-order valence-corrected chi connectivity index (χ0v) is 14.8. The number of hydrogen-bond donors (Lipinski definition) is 1. The van der Waals surface area contributed by atoms with Gasteiger partial charge in [-0.25, -0.2) is 9.78 Å². The lowest BCUT2D eigenvalue weighted by molar-refractivity contribution is -0.121. The highest BCUT2D eigenvalue weighted by molar-refractivity contribution is 7.14. The third-order valence-electron chi connectivity index (χ3n) is 3.14. The third-order valence-corrected chi connectivity index (χ3v) is 3.90. The first kappa shape index (κ1) is 19.1. The number of carbonyl (C=O) groups is 3. The van der Waals surface area contributed by atoms with Crippen LogP contribution in [0.25, 0.3) is 0 Å². The Morgan fingerprint density at radius 3 is 2.69 bits per heavy atom. The summed E-state index contributed by atoms with van der Waals surface area (Å²) in [5.41, 5.74) is 0.625. The van der Waals surface area contributed by atoms with Gasteiger partial charge in [0.1, 0.15) is 0 Å². The van der Waals surface area contributed by atoms with Crippen LogP contribution in [0.3, 0.4) is 0 Å². The number of esters is 1. The monoisotopic (exact) mass is 372 g/mol. The fraction of sp³-hybridized carbons (Fsp3) is 0.235. The molecule has 1 aromatic carbocycles. The predicted octanol–water partition coefficient (Wildman–Crippen LogP) is 2.21. The molecule has 2 amide bonds. The summed E-state index contributed by atoms with van der Waals surface area (Å²) < 4.78 is 5.01. The Balaban J connectivity index is 1.98. The highest BCUT2D eigenvalue weighted by atomic mass is 32.1. The number of ether oxygens (including phenoxy) is 1. The van der Waals surface area contributed by atoms with Crippen molar-refractivity contribution in [2.75, 3.05) is 23.4 Å². The molecule has 0 saturated carbocycles. The van der Waals surface area contributed by atoms with Crippen molar-refractivity contribution >= 4 is 39.9 Å². The van der Waals surface area contributed by atoms with Crippen molar-refractivity contribution in [1.29, 1.82) is 5.26 Å². The molecule has 0 bridgehead atoms. The van der Waals surface area contributed by atoms with Crippen LogP contribution in [-0.2, 0) is 14.3 Å². The number of nitriles is 1. The molecule has 9 heteroatoms. The van der Waals surface area contributed by atoms with Gasteiger partial charge in [-0.05, 0) is 12.1 Å². The van der Waals surface area contributed by atoms with Gasteiger partial charge in [0.2, 0.25) is 5.91 Å². The normalized spacial score (nSPS) is 9.85. The summed E-state index contributed by atoms with van der Waals surface area (Å²) in [7, 11) is 0. The van der Waals surface area contributed by atoms with Gasteiger partial charge in [-0.2, -0.15) is 5.26 Å². The lowest BCUT2D eigenvalue weighted by Gasteiger charge is -2.21. The maximum absolute atomic E-state index is 12.4. The second-order valence-corrected chi connectivity index (χ2v) is 5.94. The van der Waals surface area contributed by atoms with Gasteiger partial charge < -0.3 is 15.0 Å². The number of nitrogens with zero attached hydrogens (tertiary/aromatic N) is 3. The molecule has 0 spiro atoms. The summed E-state index contributed by atoms with van der Waals surface area (Å²) >= 11 is 1.08. The van der Waals surface area contributed by atoms with E-state index in [9.17, 15) is 14.4 Å². The fourth-order valence-electron chi connectivity index (χ4n) is 2.02. The molecule has 1 N–H and O–H groups in total. The molecule has 0 saturated heterocycles. The van der Waals surface area contributed by atoms with Crippen LogP contribution in [0.15, 0.2) is 35.7 Å². The van der Waals surface area contributed by atoms with Gasteiger partial charge in [0.25, 0.3) is 5.91 Å². The predicted molar refractivity (Wildman–Crippen MR) is 95.7 cm³/mol. The summed E-state index contributed by atoms with van der Waals surface area (Å²) in [5.74, 6) is -1.51. The highest BCUT2D eigenvalue weighted by Crippen LogP contribution is 2.17. The average Bonchev–Trinajstić information content (AvgIpc) is 3.08. The van der Waals surface area contributed by atoms with Crippen LogP contribution < -0.4 is 10.2 Å². The first-order chi connectivity index (χ1) is 12.5. The molecule has 134 valence electrons. The van der Waals surface area contributed by atoms with E-state index in [-0.39, 0.29) is 29.7 Å². The van der Waals surface area contributed by atoms with Crippen LogP contribution in [0, 0.1) is 11.3 Å². The molecule has 1 aromatic heterocycles. The lowest BCUT2D eigenvalue weighted by Crippen LogP contribution is -2.35. The third kappa shape index (κ3) is 5.39. The molecule has 0 fully saturated rings. The summed E-state index contributed by atoms with van der Waals surface area (Å²) in [4.78, 5) is 40.7. The smallest absolute Gasteiger partial charge is 0.358 e. The number of para-hydroxylation sites is 1. The average molecular weight is 372 g/mol. The van der Waals surface area contributed by atoms with Crippen molar-refractivity contribution in [3.63, 3.8) is 0 Å². The van der Waals surface area contributed by atoms with Crippen molar-refractivity contribution in [1.82, 2.24) is 4.98 Å². The van der Waals surface area contributed by atoms with E-state index >= 15 is 0 Å². The zero-order chi connectivity index (χ0) is 18.9. The van der Waals surface area contributed by atoms with Crippen LogP contribution in [0.5, 0.6) is 0 Å². The van der Waals surface area contributed by atoms with Gasteiger partial charge in [0.05, 0.1) is 12.5 Å². The molecule has 1 heterocycles. The summed E-state index contributed by atoms with van der Waals surface area (Å²) in [6, 6.07) is 10.8. The summed E-state index contributed by atoms with van der Waals surface area (Å²) in [6.45, 7) is 1.05. The maximum Gasteiger partial charge on any atom is 0.358 e. The van der Waals surface area contributed by atoms with E-state index in [1.54, 1.807) is 24.3 Å². The number of rotatable bonds is 7. The molecule has 0 atom stereocenters. The van der Waals surface area contributed by atoms with Crippen LogP contribution in [-0.4, -0.2) is 35.9 Å². The van der Waals surface area contributed by atoms with Crippen LogP contribution in [0.1, 0.15) is 23.8 Å². The van der Waals surface area contributed by atoms with Crippen molar-refractivity contribution in [2.45, 2.75) is 13.3 Å². The van der Waals surface area contributed by atoms with Crippen LogP contribution in [0.2, 0.25) is 0 Å². The maximum atomic E-state index is 12.4. The van der Waals surface area contributed by atoms with Gasteiger partial charge in [-0.15, -0.1) is 11.3 Å². The minimum absolute atomic E-state index is 0.00911. The fourth-order valence-corrected chi connectivity index (χ4v) is 2.75. The van der Waals surface area contributed by atoms with Gasteiger partial charge in [0.15, 0.2) is 17.4 Å². The van der Waals surface area contributed by atoms with Crippen molar-refractivity contribution in [2.24, 2.45) is 0 Å². The largest absolute Gasteiger partial charge is 0.451 e. The van der Waals surface area contributed by atoms with Crippen molar-refractivity contribution in [3.8, 4) is 6.07 Å². The Morgan fingerprint density at radius 1 is 1.31 bits per heavy atom. The molecule has 0 radical (unpaired) electrons. The Kier molecular flexibility index (Phi) is 6.82. The van der Waals surface area contributed by atoms with E-state index < -0.39 is 18.5 Å². The highest BCUT2D eigenvalue weighted by Gasteiger charge is 2.19. The molecule has 0 aliphatic heterocycles. The number of hydrogen-bond acceptors (Lipinski definition) is 7. The van der Waals surface area contributed by atoms with Crippen molar-refractivity contribution < 1.29 is 19.1 Å². The Hall–Kier alpha value is -3.25. The quantitative estimate of drug-likeness (QED) is 0.746. The number of amides is 2. The van der Waals surface area contributed by atoms with E-state index in [0.717, 1.165) is 11.3 Å². The SMILES string of the molecule is CC(=O)Nc1nc(C(=O)OCC(=O)N(CCC#N)c2ccccc2)cs1. The van der Waals surface area contributed by atoms with E-state index in [1.807, 2.05) is 12.1 Å². The molecular formula is C17H16N4O4S. The number of anilines is 2. The minimum Gasteiger partial charge on any atom is -0.451 e. The standard InChI is InChI=1S/C17H16N4O4S/c1-12(22)19-17-20-14(11-26-17)16(24)25-10-15(23)21(9-5-8-18)13-6-3-2-4-7-13/h2-4,6-7,11H,5,9-10H2,1H3,(H,19,20,22). The number of thiazole rings is 1. The van der Waals surface area contributed by atoms with E-state index in [2.05, 4.69) is 10.3 Å². The van der Waals surface area contributed by atoms with Gasteiger partial charge in [-0.1, -0.05) is 18.2 Å². The van der Waals surface area contributed by atoms with Crippen LogP contribution >= 0.6 is 11.3 Å². The summed E-state index contributed by atoms with van der Waals surface area (Å²) in [6.07, 6.45) is 0.154. The molecule has 2 aromatic rings. The Bertz CT molecular complexity index is 829. The van der Waals surface area contributed by atoms with E-state index in [1.165, 1.54) is 17.2 Å². The first-order valence-corrected chi connectivity index (χ1v) is 8.52. The van der Waals surface area contributed by atoms with E-state index in [4.69, 9.17) is 10.00 Å². The second kappa shape index (κ2) is 9.29. The molecule has 2 rings (SSSR count). The zero-order valence-electron chi connectivity index (χ0n) is 14.0.